The van der Waals surface area contributed by atoms with Crippen molar-refractivity contribution in [2.24, 2.45) is 5.41 Å². The van der Waals surface area contributed by atoms with Crippen LogP contribution in [0, 0.1) is 5.41 Å². The van der Waals surface area contributed by atoms with Crippen molar-refractivity contribution in [1.82, 2.24) is 5.32 Å². The predicted octanol–water partition coefficient (Wildman–Crippen LogP) is 2.87. The summed E-state index contributed by atoms with van der Waals surface area (Å²) in [5.74, 6) is 0. The predicted molar refractivity (Wildman–Crippen MR) is 60.7 cm³/mol. The van der Waals surface area contributed by atoms with Crippen molar-refractivity contribution in [1.29, 1.82) is 0 Å². The van der Waals surface area contributed by atoms with Gasteiger partial charge in [-0.25, -0.2) is 4.79 Å². The second kappa shape index (κ2) is 3.87. The molecule has 0 aromatic rings. The summed E-state index contributed by atoms with van der Waals surface area (Å²) in [7, 11) is 0. The monoisotopic (exact) mass is 211 g/mol. The molecule has 3 heteroatoms. The van der Waals surface area contributed by atoms with Gasteiger partial charge in [-0.15, -0.1) is 0 Å². The van der Waals surface area contributed by atoms with Gasteiger partial charge < -0.3 is 10.1 Å². The van der Waals surface area contributed by atoms with Crippen molar-refractivity contribution < 1.29 is 9.53 Å². The third-order valence-electron chi connectivity index (χ3n) is 2.51. The van der Waals surface area contributed by atoms with Gasteiger partial charge in [-0.3, -0.25) is 0 Å². The lowest BCUT2D eigenvalue weighted by molar-refractivity contribution is 0.0480. The molecule has 1 atom stereocenters. The molecular weight excluding hydrogens is 190 g/mol. The highest BCUT2D eigenvalue weighted by molar-refractivity contribution is 5.68. The first-order chi connectivity index (χ1) is 6.71. The van der Waals surface area contributed by atoms with Gasteiger partial charge >= 0.3 is 6.09 Å². The Kier molecular flexibility index (Phi) is 3.12. The molecule has 3 nitrogen and oxygen atoms in total. The van der Waals surface area contributed by atoms with Crippen LogP contribution in [0.5, 0.6) is 0 Å². The molecule has 0 aromatic carbocycles. The maximum absolute atomic E-state index is 11.5. The molecule has 1 aliphatic rings. The largest absolute Gasteiger partial charge is 0.444 e. The number of nitrogens with one attached hydrogen (secondary N) is 1. The first-order valence-electron chi connectivity index (χ1n) is 5.38. The minimum Gasteiger partial charge on any atom is -0.444 e. The lowest BCUT2D eigenvalue weighted by Gasteiger charge is -2.28. The highest BCUT2D eigenvalue weighted by atomic mass is 16.6. The highest BCUT2D eigenvalue weighted by Crippen LogP contribution is 2.31. The zero-order valence-electron chi connectivity index (χ0n) is 10.3. The smallest absolute Gasteiger partial charge is 0.407 e. The van der Waals surface area contributed by atoms with E-state index in [1.807, 2.05) is 20.8 Å². The summed E-state index contributed by atoms with van der Waals surface area (Å²) in [4.78, 5) is 11.5. The van der Waals surface area contributed by atoms with E-state index in [0.717, 1.165) is 6.42 Å². The summed E-state index contributed by atoms with van der Waals surface area (Å²) in [6.45, 7) is 9.82. The van der Waals surface area contributed by atoms with Crippen LogP contribution >= 0.6 is 0 Å². The molecule has 0 radical (unpaired) electrons. The van der Waals surface area contributed by atoms with Crippen molar-refractivity contribution in [2.75, 3.05) is 0 Å². The van der Waals surface area contributed by atoms with E-state index < -0.39 is 5.60 Å². The Labute approximate surface area is 91.9 Å². The third-order valence-corrected chi connectivity index (χ3v) is 2.51. The number of carbonyl (C=O) groups excluding carboxylic acids is 1. The summed E-state index contributed by atoms with van der Waals surface area (Å²) in [5.41, 5.74) is -0.406. The topological polar surface area (TPSA) is 38.3 Å². The molecule has 0 bridgehead atoms. The van der Waals surface area contributed by atoms with E-state index in [-0.39, 0.29) is 17.6 Å². The van der Waals surface area contributed by atoms with E-state index >= 15 is 0 Å². The van der Waals surface area contributed by atoms with Crippen LogP contribution in [0.15, 0.2) is 12.2 Å². The quantitative estimate of drug-likeness (QED) is 0.677. The van der Waals surface area contributed by atoms with Gasteiger partial charge in [0.25, 0.3) is 0 Å². The van der Waals surface area contributed by atoms with E-state index in [1.54, 1.807) is 0 Å². The molecule has 0 aliphatic heterocycles. The second-order valence-electron chi connectivity index (χ2n) is 5.66. The van der Waals surface area contributed by atoms with Gasteiger partial charge in [0.05, 0.1) is 0 Å². The van der Waals surface area contributed by atoms with E-state index in [2.05, 4.69) is 31.3 Å². The van der Waals surface area contributed by atoms with Gasteiger partial charge in [0.1, 0.15) is 5.60 Å². The Bertz CT molecular complexity index is 274. The first-order valence-corrected chi connectivity index (χ1v) is 5.38. The van der Waals surface area contributed by atoms with E-state index in [9.17, 15) is 4.79 Å². The highest BCUT2D eigenvalue weighted by Gasteiger charge is 2.32. The number of alkyl carbamates (subject to hydrolysis) is 1. The molecular formula is C12H21NO2. The zero-order chi connectivity index (χ0) is 11.7. The van der Waals surface area contributed by atoms with Gasteiger partial charge in [-0.2, -0.15) is 0 Å². The van der Waals surface area contributed by atoms with Crippen molar-refractivity contribution in [2.45, 2.75) is 52.7 Å². The van der Waals surface area contributed by atoms with Crippen LogP contribution in [0.3, 0.4) is 0 Å². The third kappa shape index (κ3) is 3.57. The van der Waals surface area contributed by atoms with Gasteiger partial charge in [-0.05, 0) is 27.2 Å². The van der Waals surface area contributed by atoms with Crippen molar-refractivity contribution >= 4 is 6.09 Å². The summed E-state index contributed by atoms with van der Waals surface area (Å²) in [5, 5.41) is 2.90. The fourth-order valence-electron chi connectivity index (χ4n) is 1.62. The summed E-state index contributed by atoms with van der Waals surface area (Å²) in [6.07, 6.45) is 4.79. The van der Waals surface area contributed by atoms with E-state index in [0.29, 0.717) is 0 Å². The van der Waals surface area contributed by atoms with Crippen LogP contribution in [-0.4, -0.2) is 17.7 Å². The molecule has 15 heavy (non-hydrogen) atoms. The molecule has 1 N–H and O–H groups in total. The first kappa shape index (κ1) is 12.1. The molecule has 0 aromatic heterocycles. The standard InChI is InChI=1S/C12H21NO2/c1-11(2,3)15-10(14)13-9-7-6-8-12(9,4)5/h6,8-9H,7H2,1-5H3,(H,13,14). The van der Waals surface area contributed by atoms with Crippen molar-refractivity contribution in [3.8, 4) is 0 Å². The van der Waals surface area contributed by atoms with Gasteiger partial charge in [0.15, 0.2) is 0 Å². The van der Waals surface area contributed by atoms with E-state index in [4.69, 9.17) is 4.74 Å². The normalized spacial score (nSPS) is 23.9. The molecule has 1 unspecified atom stereocenters. The van der Waals surface area contributed by atoms with Crippen LogP contribution in [0.2, 0.25) is 0 Å². The molecule has 1 amide bonds. The summed E-state index contributed by atoms with van der Waals surface area (Å²) >= 11 is 0. The maximum atomic E-state index is 11.5. The van der Waals surface area contributed by atoms with Crippen LogP contribution in [0.1, 0.15) is 41.0 Å². The average Bonchev–Trinajstić information content (AvgIpc) is 2.26. The SMILES string of the molecule is CC(C)(C)OC(=O)NC1CC=CC1(C)C. The fourth-order valence-corrected chi connectivity index (χ4v) is 1.62. The average molecular weight is 211 g/mol. The Morgan fingerprint density at radius 2 is 2.07 bits per heavy atom. The molecule has 0 heterocycles. The van der Waals surface area contributed by atoms with E-state index in [1.165, 1.54) is 0 Å². The molecule has 86 valence electrons. The second-order valence-corrected chi connectivity index (χ2v) is 5.66. The molecule has 0 fully saturated rings. The van der Waals surface area contributed by atoms with Crippen LogP contribution in [0.4, 0.5) is 4.79 Å². The Morgan fingerprint density at radius 3 is 2.47 bits per heavy atom. The lowest BCUT2D eigenvalue weighted by atomic mass is 9.88. The minimum atomic E-state index is -0.430. The minimum absolute atomic E-state index is 0.0247. The zero-order valence-corrected chi connectivity index (χ0v) is 10.3. The fraction of sp³-hybridized carbons (Fsp3) is 0.750. The van der Waals surface area contributed by atoms with Crippen molar-refractivity contribution in [3.63, 3.8) is 0 Å². The number of ether oxygens (including phenoxy) is 1. The lowest BCUT2D eigenvalue weighted by Crippen LogP contribution is -2.44. The number of hydrogen-bond donors (Lipinski definition) is 1. The molecule has 1 rings (SSSR count). The maximum Gasteiger partial charge on any atom is 0.407 e. The Hall–Kier alpha value is -0.990. The Balaban J connectivity index is 2.47. The number of carbonyl (C=O) groups is 1. The van der Waals surface area contributed by atoms with Gasteiger partial charge in [-0.1, -0.05) is 26.0 Å². The van der Waals surface area contributed by atoms with Crippen molar-refractivity contribution in [3.05, 3.63) is 12.2 Å². The summed E-state index contributed by atoms with van der Waals surface area (Å²) < 4.78 is 5.22. The van der Waals surface area contributed by atoms with Crippen LogP contribution in [0.25, 0.3) is 0 Å². The molecule has 1 aliphatic carbocycles. The molecule has 0 saturated carbocycles. The number of hydrogen-bond acceptors (Lipinski definition) is 2. The number of rotatable bonds is 1. The summed E-state index contributed by atoms with van der Waals surface area (Å²) in [6, 6.07) is 0.146. The van der Waals surface area contributed by atoms with Crippen LogP contribution < -0.4 is 5.32 Å². The number of amides is 1. The Morgan fingerprint density at radius 1 is 1.47 bits per heavy atom. The molecule has 0 spiro atoms. The molecule has 0 saturated heterocycles. The van der Waals surface area contributed by atoms with Crippen LogP contribution in [-0.2, 0) is 4.74 Å². The van der Waals surface area contributed by atoms with Gasteiger partial charge in [0, 0.05) is 11.5 Å². The van der Waals surface area contributed by atoms with Gasteiger partial charge in [0.2, 0.25) is 0 Å².